The Morgan fingerprint density at radius 2 is 1.96 bits per heavy atom. The molecule has 0 saturated heterocycles. The van der Waals surface area contributed by atoms with E-state index in [9.17, 15) is 4.79 Å². The van der Waals surface area contributed by atoms with Gasteiger partial charge in [-0.25, -0.2) is 4.98 Å². The molecule has 1 aliphatic carbocycles. The highest BCUT2D eigenvalue weighted by Crippen LogP contribution is 2.35. The van der Waals surface area contributed by atoms with Crippen LogP contribution in [0.5, 0.6) is 0 Å². The third-order valence-electron chi connectivity index (χ3n) is 4.87. The van der Waals surface area contributed by atoms with Crippen molar-refractivity contribution in [3.8, 4) is 0 Å². The highest BCUT2D eigenvalue weighted by atomic mass is 16.1. The third-order valence-corrected chi connectivity index (χ3v) is 4.87. The summed E-state index contributed by atoms with van der Waals surface area (Å²) in [7, 11) is 0. The molecule has 23 heavy (non-hydrogen) atoms. The fourth-order valence-electron chi connectivity index (χ4n) is 3.55. The highest BCUT2D eigenvalue weighted by Gasteiger charge is 2.23. The molecule has 0 spiro atoms. The molecule has 2 N–H and O–H groups in total. The van der Waals surface area contributed by atoms with E-state index in [0.717, 1.165) is 24.1 Å². The number of nitrogens with zero attached hydrogens (tertiary/aromatic N) is 2. The predicted molar refractivity (Wildman–Crippen MR) is 89.7 cm³/mol. The first-order valence-corrected chi connectivity index (χ1v) is 8.24. The van der Waals surface area contributed by atoms with Gasteiger partial charge in [0.1, 0.15) is 11.3 Å². The predicted octanol–water partition coefficient (Wildman–Crippen LogP) is 3.20. The minimum atomic E-state index is -0.154. The molecule has 0 aliphatic heterocycles. The van der Waals surface area contributed by atoms with Crippen LogP contribution in [0.4, 0.5) is 0 Å². The number of hydrogen-bond donors (Lipinski definition) is 2. The van der Waals surface area contributed by atoms with Gasteiger partial charge in [0.05, 0.1) is 5.69 Å². The van der Waals surface area contributed by atoms with Gasteiger partial charge in [-0.1, -0.05) is 37.1 Å². The lowest BCUT2D eigenvalue weighted by Gasteiger charge is -2.07. The maximum Gasteiger partial charge on any atom is 0.279 e. The van der Waals surface area contributed by atoms with E-state index in [4.69, 9.17) is 4.98 Å². The third kappa shape index (κ3) is 2.56. The number of fused-ring (bicyclic) bond motifs is 1. The van der Waals surface area contributed by atoms with Crippen LogP contribution in [0.2, 0.25) is 0 Å². The second-order valence-corrected chi connectivity index (χ2v) is 6.43. The van der Waals surface area contributed by atoms with Crippen molar-refractivity contribution >= 4 is 11.0 Å². The summed E-state index contributed by atoms with van der Waals surface area (Å²) in [5, 5.41) is 7.26. The number of rotatable bonds is 3. The normalized spacial score (nSPS) is 15.5. The van der Waals surface area contributed by atoms with Crippen LogP contribution in [0, 0.1) is 6.92 Å². The summed E-state index contributed by atoms with van der Waals surface area (Å²) in [6.07, 6.45) is 5.42. The molecule has 0 atom stereocenters. The average molecular weight is 308 g/mol. The molecular weight excluding hydrogens is 288 g/mol. The van der Waals surface area contributed by atoms with Crippen LogP contribution < -0.4 is 5.56 Å². The fourth-order valence-corrected chi connectivity index (χ4v) is 3.55. The van der Waals surface area contributed by atoms with E-state index in [0.29, 0.717) is 23.7 Å². The van der Waals surface area contributed by atoms with Crippen LogP contribution in [0.15, 0.2) is 29.1 Å². The number of hydrogen-bond acceptors (Lipinski definition) is 3. The lowest BCUT2D eigenvalue weighted by atomic mass is 10.0. The quantitative estimate of drug-likeness (QED) is 0.780. The molecule has 1 aromatic carbocycles. The molecule has 2 heterocycles. The van der Waals surface area contributed by atoms with E-state index in [1.807, 2.05) is 12.1 Å². The van der Waals surface area contributed by atoms with Gasteiger partial charge in [-0.2, -0.15) is 5.10 Å². The van der Waals surface area contributed by atoms with Gasteiger partial charge >= 0.3 is 0 Å². The molecule has 1 saturated carbocycles. The maximum atomic E-state index is 12.3. The Labute approximate surface area is 134 Å². The molecule has 2 aromatic heterocycles. The lowest BCUT2D eigenvalue weighted by molar-refractivity contribution is 0.696. The SMILES string of the molecule is Cc1ccccc1Cc1nc2c(C3CCCC3)[nH]nc2c(=O)[nH]1. The van der Waals surface area contributed by atoms with E-state index < -0.39 is 0 Å². The average Bonchev–Trinajstić information content (AvgIpc) is 3.18. The number of benzene rings is 1. The summed E-state index contributed by atoms with van der Waals surface area (Å²) in [6.45, 7) is 2.08. The molecule has 118 valence electrons. The Balaban J connectivity index is 1.77. The van der Waals surface area contributed by atoms with Gasteiger partial charge in [0, 0.05) is 12.3 Å². The van der Waals surface area contributed by atoms with Crippen molar-refractivity contribution in [2.45, 2.75) is 44.9 Å². The topological polar surface area (TPSA) is 74.4 Å². The summed E-state index contributed by atoms with van der Waals surface area (Å²) in [6, 6.07) is 8.19. The van der Waals surface area contributed by atoms with E-state index in [-0.39, 0.29) is 5.56 Å². The second-order valence-electron chi connectivity index (χ2n) is 6.43. The summed E-state index contributed by atoms with van der Waals surface area (Å²) >= 11 is 0. The first-order valence-electron chi connectivity index (χ1n) is 8.24. The zero-order chi connectivity index (χ0) is 15.8. The number of aryl methyl sites for hydroxylation is 1. The first kappa shape index (κ1) is 14.2. The monoisotopic (exact) mass is 308 g/mol. The molecule has 5 nitrogen and oxygen atoms in total. The summed E-state index contributed by atoms with van der Waals surface area (Å²) in [5.74, 6) is 1.16. The Kier molecular flexibility index (Phi) is 3.48. The molecule has 0 bridgehead atoms. The minimum Gasteiger partial charge on any atom is -0.308 e. The standard InChI is InChI=1S/C18H20N4O/c1-11-6-2-3-9-13(11)10-14-19-16-15(12-7-4-5-8-12)21-22-17(16)18(23)20-14/h2-3,6,9,12H,4-5,7-8,10H2,1H3,(H,21,22)(H,19,20,23). The minimum absolute atomic E-state index is 0.154. The summed E-state index contributed by atoms with van der Waals surface area (Å²) < 4.78 is 0. The van der Waals surface area contributed by atoms with Gasteiger partial charge in [-0.15, -0.1) is 0 Å². The van der Waals surface area contributed by atoms with Gasteiger partial charge < -0.3 is 4.98 Å². The summed E-state index contributed by atoms with van der Waals surface area (Å²) in [5.41, 5.74) is 4.46. The van der Waals surface area contributed by atoms with Crippen LogP contribution in [-0.2, 0) is 6.42 Å². The number of aromatic nitrogens is 4. The number of aromatic amines is 2. The smallest absolute Gasteiger partial charge is 0.279 e. The van der Waals surface area contributed by atoms with Crippen LogP contribution >= 0.6 is 0 Å². The first-order chi connectivity index (χ1) is 11.2. The van der Waals surface area contributed by atoms with E-state index >= 15 is 0 Å². The molecule has 1 aliphatic rings. The van der Waals surface area contributed by atoms with Gasteiger partial charge in [-0.3, -0.25) is 9.89 Å². The summed E-state index contributed by atoms with van der Waals surface area (Å²) in [4.78, 5) is 19.9. The van der Waals surface area contributed by atoms with Crippen LogP contribution in [0.1, 0.15) is 54.2 Å². The molecule has 0 amide bonds. The van der Waals surface area contributed by atoms with Crippen molar-refractivity contribution in [2.75, 3.05) is 0 Å². The fraction of sp³-hybridized carbons (Fsp3) is 0.389. The maximum absolute atomic E-state index is 12.3. The van der Waals surface area contributed by atoms with Gasteiger partial charge in [0.15, 0.2) is 5.52 Å². The molecule has 0 unspecified atom stereocenters. The molecule has 4 rings (SSSR count). The highest BCUT2D eigenvalue weighted by molar-refractivity contribution is 5.76. The molecule has 3 aromatic rings. The number of nitrogens with one attached hydrogen (secondary N) is 2. The van der Waals surface area contributed by atoms with E-state index in [1.54, 1.807) is 0 Å². The Morgan fingerprint density at radius 1 is 1.17 bits per heavy atom. The van der Waals surface area contributed by atoms with Gasteiger partial charge in [0.25, 0.3) is 5.56 Å². The zero-order valence-electron chi connectivity index (χ0n) is 13.2. The number of H-pyrrole nitrogens is 2. The van der Waals surface area contributed by atoms with Crippen LogP contribution in [0.3, 0.4) is 0 Å². The Bertz CT molecular complexity index is 903. The molecule has 1 fully saturated rings. The van der Waals surface area contributed by atoms with Gasteiger partial charge in [0.2, 0.25) is 0 Å². The molecular formula is C18H20N4O. The van der Waals surface area contributed by atoms with Crippen LogP contribution in [0.25, 0.3) is 11.0 Å². The van der Waals surface area contributed by atoms with Gasteiger partial charge in [-0.05, 0) is 30.9 Å². The Morgan fingerprint density at radius 3 is 2.74 bits per heavy atom. The van der Waals surface area contributed by atoms with Crippen LogP contribution in [-0.4, -0.2) is 20.2 Å². The molecule has 0 radical (unpaired) electrons. The van der Waals surface area contributed by atoms with Crippen molar-refractivity contribution in [3.05, 3.63) is 57.3 Å². The van der Waals surface area contributed by atoms with Crippen molar-refractivity contribution in [1.82, 2.24) is 20.2 Å². The molecule has 5 heteroatoms. The zero-order valence-corrected chi connectivity index (χ0v) is 13.2. The van der Waals surface area contributed by atoms with E-state index in [1.165, 1.54) is 24.0 Å². The van der Waals surface area contributed by atoms with Crippen molar-refractivity contribution in [2.24, 2.45) is 0 Å². The second kappa shape index (κ2) is 5.65. The van der Waals surface area contributed by atoms with E-state index in [2.05, 4.69) is 34.2 Å². The largest absolute Gasteiger partial charge is 0.308 e. The van der Waals surface area contributed by atoms with Crippen molar-refractivity contribution < 1.29 is 0 Å². The Hall–Kier alpha value is -2.43. The van der Waals surface area contributed by atoms with Crippen molar-refractivity contribution in [3.63, 3.8) is 0 Å². The van der Waals surface area contributed by atoms with Crippen molar-refractivity contribution in [1.29, 1.82) is 0 Å². The lowest BCUT2D eigenvalue weighted by Crippen LogP contribution is -2.13.